The summed E-state index contributed by atoms with van der Waals surface area (Å²) in [6, 6.07) is 11.8. The van der Waals surface area contributed by atoms with Crippen LogP contribution in [0.15, 0.2) is 40.9 Å². The molecule has 3 rings (SSSR count). The number of anilines is 1. The van der Waals surface area contributed by atoms with E-state index in [1.165, 1.54) is 0 Å². The molecule has 0 atom stereocenters. The number of nitrogens with two attached hydrogens (primary N) is 1. The number of nitrogens with zero attached hydrogens (tertiary/aromatic N) is 4. The average molecular weight is 344 g/mol. The minimum atomic E-state index is 0.662. The van der Waals surface area contributed by atoms with E-state index in [4.69, 9.17) is 5.73 Å². The molecule has 0 aliphatic rings. The van der Waals surface area contributed by atoms with Gasteiger partial charge in [-0.25, -0.2) is 0 Å². The molecule has 6 heteroatoms. The van der Waals surface area contributed by atoms with Gasteiger partial charge in [0.1, 0.15) is 0 Å². The van der Waals surface area contributed by atoms with Crippen LogP contribution in [0, 0.1) is 13.8 Å². The second-order valence-electron chi connectivity index (χ2n) is 4.93. The fraction of sp³-hybridized carbons (Fsp3) is 0.133. The summed E-state index contributed by atoms with van der Waals surface area (Å²) in [5.41, 5.74) is 10.7. The Kier molecular flexibility index (Phi) is 3.47. The van der Waals surface area contributed by atoms with Crippen molar-refractivity contribution in [2.24, 2.45) is 0 Å². The molecule has 0 aliphatic carbocycles. The van der Waals surface area contributed by atoms with Gasteiger partial charge in [0.25, 0.3) is 0 Å². The number of nitrogen functional groups attached to an aromatic ring is 1. The highest BCUT2D eigenvalue weighted by Crippen LogP contribution is 2.27. The predicted molar refractivity (Wildman–Crippen MR) is 86.2 cm³/mol. The van der Waals surface area contributed by atoms with Gasteiger partial charge in [-0.3, -0.25) is 0 Å². The lowest BCUT2D eigenvalue weighted by molar-refractivity contribution is 0.783. The van der Waals surface area contributed by atoms with Crippen LogP contribution in [0.2, 0.25) is 0 Å². The number of aromatic nitrogens is 4. The van der Waals surface area contributed by atoms with Crippen LogP contribution >= 0.6 is 15.9 Å². The number of tetrazole rings is 1. The van der Waals surface area contributed by atoms with Gasteiger partial charge in [-0.1, -0.05) is 34.1 Å². The van der Waals surface area contributed by atoms with Gasteiger partial charge >= 0.3 is 0 Å². The van der Waals surface area contributed by atoms with E-state index >= 15 is 0 Å². The van der Waals surface area contributed by atoms with Gasteiger partial charge in [0, 0.05) is 15.7 Å². The average Bonchev–Trinajstić information content (AvgIpc) is 2.86. The highest BCUT2D eigenvalue weighted by Gasteiger charge is 2.15. The molecule has 21 heavy (non-hydrogen) atoms. The number of hydrogen-bond donors (Lipinski definition) is 1. The first-order valence-corrected chi connectivity index (χ1v) is 7.27. The number of para-hydroxylation sites is 1. The van der Waals surface area contributed by atoms with Crippen molar-refractivity contribution in [3.05, 3.63) is 52.0 Å². The van der Waals surface area contributed by atoms with Gasteiger partial charge in [0.05, 0.1) is 5.69 Å². The van der Waals surface area contributed by atoms with Crippen molar-refractivity contribution in [3.63, 3.8) is 0 Å². The standard InChI is InChI=1S/C15H14BrN5/c1-9-4-3-5-10(2)14(9)21-15(18-19-20-21)11-6-12(16)8-13(17)7-11/h3-8H,17H2,1-2H3. The quantitative estimate of drug-likeness (QED) is 0.725. The molecule has 2 N–H and O–H groups in total. The van der Waals surface area contributed by atoms with E-state index in [-0.39, 0.29) is 0 Å². The zero-order valence-electron chi connectivity index (χ0n) is 11.7. The van der Waals surface area contributed by atoms with Gasteiger partial charge in [0.15, 0.2) is 5.82 Å². The zero-order valence-corrected chi connectivity index (χ0v) is 13.3. The Morgan fingerprint density at radius 2 is 1.81 bits per heavy atom. The third-order valence-corrected chi connectivity index (χ3v) is 3.76. The smallest absolute Gasteiger partial charge is 0.187 e. The molecule has 106 valence electrons. The Morgan fingerprint density at radius 3 is 2.48 bits per heavy atom. The largest absolute Gasteiger partial charge is 0.399 e. The van der Waals surface area contributed by atoms with Crippen molar-refractivity contribution in [1.82, 2.24) is 20.2 Å². The molecule has 0 fully saturated rings. The van der Waals surface area contributed by atoms with E-state index in [0.717, 1.165) is 26.9 Å². The third-order valence-electron chi connectivity index (χ3n) is 3.30. The molecule has 0 spiro atoms. The summed E-state index contributed by atoms with van der Waals surface area (Å²) in [7, 11) is 0. The topological polar surface area (TPSA) is 69.6 Å². The summed E-state index contributed by atoms with van der Waals surface area (Å²) in [5, 5.41) is 12.1. The van der Waals surface area contributed by atoms with Crippen LogP contribution in [-0.4, -0.2) is 20.2 Å². The lowest BCUT2D eigenvalue weighted by Gasteiger charge is -2.11. The van der Waals surface area contributed by atoms with Crippen molar-refractivity contribution >= 4 is 21.6 Å². The summed E-state index contributed by atoms with van der Waals surface area (Å²) in [6.45, 7) is 4.09. The molecule has 0 bridgehead atoms. The zero-order chi connectivity index (χ0) is 15.0. The van der Waals surface area contributed by atoms with Crippen molar-refractivity contribution in [2.45, 2.75) is 13.8 Å². The molecule has 0 unspecified atom stereocenters. The highest BCUT2D eigenvalue weighted by atomic mass is 79.9. The second kappa shape index (κ2) is 5.29. The Balaban J connectivity index is 2.22. The Morgan fingerprint density at radius 1 is 1.10 bits per heavy atom. The van der Waals surface area contributed by atoms with Crippen LogP contribution in [0.4, 0.5) is 5.69 Å². The van der Waals surface area contributed by atoms with E-state index in [1.807, 2.05) is 50.2 Å². The van der Waals surface area contributed by atoms with Gasteiger partial charge in [-0.15, -0.1) is 5.10 Å². The van der Waals surface area contributed by atoms with Crippen molar-refractivity contribution in [3.8, 4) is 17.1 Å². The van der Waals surface area contributed by atoms with Crippen molar-refractivity contribution in [2.75, 3.05) is 5.73 Å². The summed E-state index contributed by atoms with van der Waals surface area (Å²) in [6.07, 6.45) is 0. The van der Waals surface area contributed by atoms with Crippen molar-refractivity contribution in [1.29, 1.82) is 0 Å². The molecule has 1 aromatic heterocycles. The fourth-order valence-electron chi connectivity index (χ4n) is 2.40. The number of aryl methyl sites for hydroxylation is 2. The predicted octanol–water partition coefficient (Wildman–Crippen LogP) is 3.29. The SMILES string of the molecule is Cc1cccc(C)c1-n1nnnc1-c1cc(N)cc(Br)c1. The molecule has 0 saturated heterocycles. The molecule has 0 radical (unpaired) electrons. The van der Waals surface area contributed by atoms with E-state index in [0.29, 0.717) is 11.5 Å². The van der Waals surface area contributed by atoms with Crippen LogP contribution in [0.1, 0.15) is 11.1 Å². The summed E-state index contributed by atoms with van der Waals surface area (Å²) in [4.78, 5) is 0. The van der Waals surface area contributed by atoms with Gasteiger partial charge in [0.2, 0.25) is 0 Å². The molecule has 5 nitrogen and oxygen atoms in total. The lowest BCUT2D eigenvalue weighted by atomic mass is 10.1. The lowest BCUT2D eigenvalue weighted by Crippen LogP contribution is -2.04. The third kappa shape index (κ3) is 2.54. The molecule has 0 amide bonds. The Bertz CT molecular complexity index is 769. The maximum atomic E-state index is 5.91. The Hall–Kier alpha value is -2.21. The van der Waals surface area contributed by atoms with Gasteiger partial charge in [-0.2, -0.15) is 4.68 Å². The maximum Gasteiger partial charge on any atom is 0.187 e. The minimum Gasteiger partial charge on any atom is -0.399 e. The van der Waals surface area contributed by atoms with E-state index in [1.54, 1.807) is 4.68 Å². The molecule has 2 aromatic carbocycles. The number of hydrogen-bond acceptors (Lipinski definition) is 4. The summed E-state index contributed by atoms with van der Waals surface area (Å²) >= 11 is 3.45. The van der Waals surface area contributed by atoms with Crippen LogP contribution in [0.25, 0.3) is 17.1 Å². The van der Waals surface area contributed by atoms with Gasteiger partial charge in [-0.05, 0) is 53.6 Å². The van der Waals surface area contributed by atoms with Crippen LogP contribution in [0.5, 0.6) is 0 Å². The van der Waals surface area contributed by atoms with Gasteiger partial charge < -0.3 is 5.73 Å². The number of halogens is 1. The summed E-state index contributed by atoms with van der Waals surface area (Å²) in [5.74, 6) is 0.667. The van der Waals surface area contributed by atoms with E-state index < -0.39 is 0 Å². The monoisotopic (exact) mass is 343 g/mol. The first-order chi connectivity index (χ1) is 10.1. The van der Waals surface area contributed by atoms with Crippen molar-refractivity contribution < 1.29 is 0 Å². The summed E-state index contributed by atoms with van der Waals surface area (Å²) < 4.78 is 2.65. The first-order valence-electron chi connectivity index (χ1n) is 6.47. The number of rotatable bonds is 2. The normalized spacial score (nSPS) is 10.8. The molecule has 3 aromatic rings. The minimum absolute atomic E-state index is 0.662. The van der Waals surface area contributed by atoms with Crippen LogP contribution in [0.3, 0.4) is 0 Å². The molecular formula is C15H14BrN5. The molecule has 1 heterocycles. The van der Waals surface area contributed by atoms with E-state index in [9.17, 15) is 0 Å². The highest BCUT2D eigenvalue weighted by molar-refractivity contribution is 9.10. The maximum absolute atomic E-state index is 5.91. The fourth-order valence-corrected chi connectivity index (χ4v) is 2.91. The second-order valence-corrected chi connectivity index (χ2v) is 5.84. The first kappa shape index (κ1) is 13.8. The molecular weight excluding hydrogens is 330 g/mol. The molecule has 0 saturated carbocycles. The number of benzene rings is 2. The van der Waals surface area contributed by atoms with Crippen LogP contribution < -0.4 is 5.73 Å². The van der Waals surface area contributed by atoms with Crippen LogP contribution in [-0.2, 0) is 0 Å². The Labute approximate surface area is 130 Å². The molecule has 0 aliphatic heterocycles. The van der Waals surface area contributed by atoms with E-state index in [2.05, 4.69) is 31.5 Å².